The van der Waals surface area contributed by atoms with Crippen molar-refractivity contribution in [1.29, 1.82) is 0 Å². The van der Waals surface area contributed by atoms with Crippen LogP contribution >= 0.6 is 12.4 Å². The molecule has 126 valence electrons. The van der Waals surface area contributed by atoms with Crippen molar-refractivity contribution in [3.8, 4) is 0 Å². The Kier molecular flexibility index (Phi) is 5.86. The van der Waals surface area contributed by atoms with Crippen LogP contribution in [-0.4, -0.2) is 40.8 Å². The molecule has 2 rings (SSSR count). The van der Waals surface area contributed by atoms with Gasteiger partial charge in [-0.05, 0) is 26.7 Å². The van der Waals surface area contributed by atoms with E-state index in [4.69, 9.17) is 10.3 Å². The summed E-state index contributed by atoms with van der Waals surface area (Å²) in [6, 6.07) is -2.18. The highest BCUT2D eigenvalue weighted by Gasteiger charge is 2.47. The summed E-state index contributed by atoms with van der Waals surface area (Å²) in [5.74, 6) is -0.146. The summed E-state index contributed by atoms with van der Waals surface area (Å²) < 4.78 is 44.1. The number of piperidine rings is 1. The molecule has 1 aliphatic rings. The van der Waals surface area contributed by atoms with Crippen LogP contribution in [0.1, 0.15) is 29.9 Å². The normalized spacial score (nSPS) is 22.4. The number of carbonyl (C=O) groups is 1. The second-order valence-corrected chi connectivity index (χ2v) is 5.42. The molecule has 0 bridgehead atoms. The number of nitrogens with two attached hydrogens (primary N) is 1. The Labute approximate surface area is 132 Å². The van der Waals surface area contributed by atoms with E-state index in [0.717, 1.165) is 4.90 Å². The Hall–Kier alpha value is -1.28. The fourth-order valence-corrected chi connectivity index (χ4v) is 2.62. The van der Waals surface area contributed by atoms with Gasteiger partial charge in [-0.15, -0.1) is 12.4 Å². The van der Waals surface area contributed by atoms with Crippen molar-refractivity contribution in [3.63, 3.8) is 0 Å². The lowest BCUT2D eigenvalue weighted by Crippen LogP contribution is -2.57. The molecule has 2 N–H and O–H groups in total. The first-order valence-electron chi connectivity index (χ1n) is 6.73. The molecule has 1 aromatic heterocycles. The highest BCUT2D eigenvalue weighted by Crippen LogP contribution is 2.32. The molecule has 0 radical (unpaired) electrons. The van der Waals surface area contributed by atoms with Gasteiger partial charge < -0.3 is 15.2 Å². The van der Waals surface area contributed by atoms with Gasteiger partial charge in [-0.1, -0.05) is 5.16 Å². The lowest BCUT2D eigenvalue weighted by atomic mass is 9.97. The van der Waals surface area contributed by atoms with Crippen LogP contribution in [0.15, 0.2) is 4.52 Å². The maximum atomic E-state index is 13.1. The standard InChI is InChI=1S/C13H18F3N3O2.ClH/c1-7-10(8(2)21-18-7)5-12(20)19-6-9(17)3-4-11(19)13(14,15)16;/h9,11H,3-6,17H2,1-2H3;1H. The van der Waals surface area contributed by atoms with E-state index in [1.165, 1.54) is 0 Å². The fourth-order valence-electron chi connectivity index (χ4n) is 2.62. The number of alkyl halides is 3. The zero-order valence-corrected chi connectivity index (χ0v) is 13.1. The van der Waals surface area contributed by atoms with Crippen molar-refractivity contribution in [1.82, 2.24) is 10.1 Å². The molecule has 22 heavy (non-hydrogen) atoms. The summed E-state index contributed by atoms with van der Waals surface area (Å²) in [7, 11) is 0. The molecule has 9 heteroatoms. The number of aromatic nitrogens is 1. The van der Waals surface area contributed by atoms with Gasteiger partial charge in [-0.3, -0.25) is 4.79 Å². The molecule has 1 saturated heterocycles. The number of nitrogens with zero attached hydrogens (tertiary/aromatic N) is 2. The van der Waals surface area contributed by atoms with Gasteiger partial charge in [0.1, 0.15) is 11.8 Å². The number of hydrogen-bond donors (Lipinski definition) is 1. The number of aryl methyl sites for hydroxylation is 2. The Morgan fingerprint density at radius 2 is 2.05 bits per heavy atom. The van der Waals surface area contributed by atoms with Crippen LogP contribution in [0.2, 0.25) is 0 Å². The van der Waals surface area contributed by atoms with Crippen LogP contribution in [0.5, 0.6) is 0 Å². The minimum Gasteiger partial charge on any atom is -0.361 e. The SMILES string of the molecule is Cc1noc(C)c1CC(=O)N1CC(N)CCC1C(F)(F)F.Cl. The zero-order valence-electron chi connectivity index (χ0n) is 12.3. The molecular formula is C13H19ClF3N3O2. The molecule has 1 aromatic rings. The Morgan fingerprint density at radius 3 is 2.55 bits per heavy atom. The molecular weight excluding hydrogens is 323 g/mol. The molecule has 1 amide bonds. The molecule has 1 aliphatic heterocycles. The van der Waals surface area contributed by atoms with Crippen LogP contribution in [0, 0.1) is 13.8 Å². The Bertz CT molecular complexity index is 514. The average Bonchev–Trinajstić information content (AvgIpc) is 2.69. The van der Waals surface area contributed by atoms with Crippen LogP contribution in [0.4, 0.5) is 13.2 Å². The maximum absolute atomic E-state index is 13.1. The summed E-state index contributed by atoms with van der Waals surface area (Å²) in [4.78, 5) is 13.1. The van der Waals surface area contributed by atoms with Gasteiger partial charge in [0.25, 0.3) is 0 Å². The number of carbonyl (C=O) groups excluding carboxylic acids is 1. The zero-order chi connectivity index (χ0) is 15.8. The Morgan fingerprint density at radius 1 is 1.41 bits per heavy atom. The van der Waals surface area contributed by atoms with E-state index in [2.05, 4.69) is 5.16 Å². The highest BCUT2D eigenvalue weighted by atomic mass is 35.5. The third kappa shape index (κ3) is 3.92. The van der Waals surface area contributed by atoms with Crippen LogP contribution < -0.4 is 5.73 Å². The van der Waals surface area contributed by atoms with Crippen molar-refractivity contribution in [2.24, 2.45) is 5.73 Å². The van der Waals surface area contributed by atoms with E-state index < -0.39 is 24.2 Å². The van der Waals surface area contributed by atoms with Crippen LogP contribution in [-0.2, 0) is 11.2 Å². The summed E-state index contributed by atoms with van der Waals surface area (Å²) in [5, 5.41) is 3.70. The second-order valence-electron chi connectivity index (χ2n) is 5.42. The fraction of sp³-hybridized carbons (Fsp3) is 0.692. The van der Waals surface area contributed by atoms with Gasteiger partial charge in [0, 0.05) is 18.2 Å². The van der Waals surface area contributed by atoms with Crippen molar-refractivity contribution in [2.75, 3.05) is 6.54 Å². The van der Waals surface area contributed by atoms with E-state index in [1.54, 1.807) is 13.8 Å². The predicted molar refractivity (Wildman–Crippen MR) is 75.7 cm³/mol. The number of likely N-dealkylation sites (tertiary alicyclic amines) is 1. The lowest BCUT2D eigenvalue weighted by Gasteiger charge is -2.39. The van der Waals surface area contributed by atoms with E-state index in [1.807, 2.05) is 0 Å². The molecule has 1 fully saturated rings. The minimum absolute atomic E-state index is 0. The van der Waals surface area contributed by atoms with E-state index >= 15 is 0 Å². The lowest BCUT2D eigenvalue weighted by molar-refractivity contribution is -0.196. The topological polar surface area (TPSA) is 72.4 Å². The number of halogens is 4. The molecule has 0 spiro atoms. The van der Waals surface area contributed by atoms with E-state index in [-0.39, 0.29) is 38.2 Å². The van der Waals surface area contributed by atoms with Gasteiger partial charge in [0.2, 0.25) is 5.91 Å². The first kappa shape index (κ1) is 18.8. The monoisotopic (exact) mass is 341 g/mol. The number of rotatable bonds is 2. The van der Waals surface area contributed by atoms with Gasteiger partial charge in [-0.2, -0.15) is 13.2 Å². The molecule has 0 saturated carbocycles. The highest BCUT2D eigenvalue weighted by molar-refractivity contribution is 5.85. The summed E-state index contributed by atoms with van der Waals surface area (Å²) in [6.07, 6.45) is -4.48. The molecule has 0 aliphatic carbocycles. The van der Waals surface area contributed by atoms with Gasteiger partial charge in [0.15, 0.2) is 0 Å². The predicted octanol–water partition coefficient (Wildman–Crippen LogP) is 2.14. The van der Waals surface area contributed by atoms with E-state index in [0.29, 0.717) is 17.0 Å². The summed E-state index contributed by atoms with van der Waals surface area (Å²) >= 11 is 0. The van der Waals surface area contributed by atoms with Crippen molar-refractivity contribution in [3.05, 3.63) is 17.0 Å². The van der Waals surface area contributed by atoms with Crippen molar-refractivity contribution in [2.45, 2.75) is 51.4 Å². The van der Waals surface area contributed by atoms with Crippen LogP contribution in [0.25, 0.3) is 0 Å². The maximum Gasteiger partial charge on any atom is 0.408 e. The van der Waals surface area contributed by atoms with Crippen molar-refractivity contribution >= 4 is 18.3 Å². The second kappa shape index (κ2) is 6.87. The molecule has 2 heterocycles. The molecule has 2 atom stereocenters. The Balaban J connectivity index is 0.00000242. The van der Waals surface area contributed by atoms with Gasteiger partial charge in [0.05, 0.1) is 12.1 Å². The third-order valence-corrected chi connectivity index (χ3v) is 3.83. The summed E-state index contributed by atoms with van der Waals surface area (Å²) in [5.41, 5.74) is 6.77. The quantitative estimate of drug-likeness (QED) is 0.894. The largest absolute Gasteiger partial charge is 0.408 e. The minimum atomic E-state index is -4.44. The van der Waals surface area contributed by atoms with Gasteiger partial charge in [-0.25, -0.2) is 0 Å². The number of hydrogen-bond acceptors (Lipinski definition) is 4. The average molecular weight is 342 g/mol. The first-order valence-corrected chi connectivity index (χ1v) is 6.73. The number of amides is 1. The van der Waals surface area contributed by atoms with E-state index in [9.17, 15) is 18.0 Å². The first-order chi connectivity index (χ1) is 9.70. The smallest absolute Gasteiger partial charge is 0.361 e. The molecule has 5 nitrogen and oxygen atoms in total. The van der Waals surface area contributed by atoms with Gasteiger partial charge >= 0.3 is 6.18 Å². The summed E-state index contributed by atoms with van der Waals surface area (Å²) in [6.45, 7) is 3.21. The molecule has 2 unspecified atom stereocenters. The third-order valence-electron chi connectivity index (χ3n) is 3.83. The van der Waals surface area contributed by atoms with Crippen molar-refractivity contribution < 1.29 is 22.5 Å². The van der Waals surface area contributed by atoms with Crippen LogP contribution in [0.3, 0.4) is 0 Å². The molecule has 0 aromatic carbocycles.